The average molecular weight is 265 g/mol. The van der Waals surface area contributed by atoms with Gasteiger partial charge >= 0.3 is 0 Å². The predicted molar refractivity (Wildman–Crippen MR) is 74.6 cm³/mol. The summed E-state index contributed by atoms with van der Waals surface area (Å²) in [6.45, 7) is 5.40. The fraction of sp³-hybridized carbons (Fsp3) is 0.600. The van der Waals surface area contributed by atoms with Crippen molar-refractivity contribution in [1.29, 1.82) is 0 Å². The highest BCUT2D eigenvalue weighted by atomic mass is 16.5. The van der Waals surface area contributed by atoms with Crippen LogP contribution in [0.25, 0.3) is 0 Å². The predicted octanol–water partition coefficient (Wildman–Crippen LogP) is 1.58. The first-order valence-electron chi connectivity index (χ1n) is 6.59. The molecule has 2 N–H and O–H groups in total. The molecule has 0 bridgehead atoms. The van der Waals surface area contributed by atoms with Crippen molar-refractivity contribution in [3.05, 3.63) is 28.8 Å². The van der Waals surface area contributed by atoms with Gasteiger partial charge in [0.25, 0.3) is 0 Å². The molecule has 1 atom stereocenters. The third-order valence-corrected chi connectivity index (χ3v) is 4.00. The summed E-state index contributed by atoms with van der Waals surface area (Å²) >= 11 is 0. The molecule has 1 unspecified atom stereocenters. The minimum atomic E-state index is -0.248. The SMILES string of the molecule is CNC(c1c(C)cc(C)cc1OC)C1(CO)COC1. The molecule has 1 aliphatic rings. The van der Waals surface area contributed by atoms with Crippen LogP contribution in [-0.2, 0) is 4.74 Å². The van der Waals surface area contributed by atoms with Crippen molar-refractivity contribution in [3.63, 3.8) is 0 Å². The van der Waals surface area contributed by atoms with Crippen molar-refractivity contribution >= 4 is 0 Å². The Bertz CT molecular complexity index is 449. The quantitative estimate of drug-likeness (QED) is 0.848. The number of nitrogens with one attached hydrogen (secondary N) is 1. The molecule has 1 fully saturated rings. The molecule has 1 aromatic rings. The zero-order valence-corrected chi connectivity index (χ0v) is 12.1. The Kier molecular flexibility index (Phi) is 4.13. The first kappa shape index (κ1) is 14.3. The van der Waals surface area contributed by atoms with Crippen molar-refractivity contribution in [2.75, 3.05) is 34.0 Å². The Hall–Kier alpha value is -1.10. The van der Waals surface area contributed by atoms with Crippen LogP contribution in [0.1, 0.15) is 22.7 Å². The van der Waals surface area contributed by atoms with Gasteiger partial charge in [-0.1, -0.05) is 6.07 Å². The van der Waals surface area contributed by atoms with Crippen molar-refractivity contribution in [2.45, 2.75) is 19.9 Å². The number of aliphatic hydroxyl groups is 1. The van der Waals surface area contributed by atoms with Gasteiger partial charge in [-0.05, 0) is 38.1 Å². The third-order valence-electron chi connectivity index (χ3n) is 4.00. The van der Waals surface area contributed by atoms with E-state index in [1.807, 2.05) is 13.1 Å². The molecule has 0 aliphatic carbocycles. The monoisotopic (exact) mass is 265 g/mol. The van der Waals surface area contributed by atoms with E-state index in [4.69, 9.17) is 9.47 Å². The van der Waals surface area contributed by atoms with Crippen LogP contribution in [0.15, 0.2) is 12.1 Å². The third kappa shape index (κ3) is 2.36. The number of aliphatic hydroxyl groups excluding tert-OH is 1. The van der Waals surface area contributed by atoms with Gasteiger partial charge in [0.15, 0.2) is 0 Å². The summed E-state index contributed by atoms with van der Waals surface area (Å²) in [5.41, 5.74) is 3.22. The molecule has 1 saturated heterocycles. The van der Waals surface area contributed by atoms with Gasteiger partial charge in [0.1, 0.15) is 5.75 Å². The van der Waals surface area contributed by atoms with Gasteiger partial charge in [-0.2, -0.15) is 0 Å². The molecule has 2 rings (SSSR count). The van der Waals surface area contributed by atoms with E-state index < -0.39 is 0 Å². The molecule has 19 heavy (non-hydrogen) atoms. The van der Waals surface area contributed by atoms with Gasteiger partial charge in [-0.25, -0.2) is 0 Å². The van der Waals surface area contributed by atoms with E-state index in [1.165, 1.54) is 11.1 Å². The van der Waals surface area contributed by atoms with Gasteiger partial charge in [0.2, 0.25) is 0 Å². The molecule has 1 aromatic carbocycles. The molecule has 106 valence electrons. The maximum atomic E-state index is 9.75. The summed E-state index contributed by atoms with van der Waals surface area (Å²) < 4.78 is 10.9. The summed E-state index contributed by atoms with van der Waals surface area (Å²) in [6.07, 6.45) is 0. The number of rotatable bonds is 5. The highest BCUT2D eigenvalue weighted by molar-refractivity contribution is 5.46. The molecule has 0 radical (unpaired) electrons. The van der Waals surface area contributed by atoms with Crippen LogP contribution in [0.5, 0.6) is 5.75 Å². The lowest BCUT2D eigenvalue weighted by Crippen LogP contribution is -2.53. The molecule has 1 heterocycles. The van der Waals surface area contributed by atoms with Crippen molar-refractivity contribution < 1.29 is 14.6 Å². The van der Waals surface area contributed by atoms with Crippen LogP contribution in [0.2, 0.25) is 0 Å². The molecule has 4 heteroatoms. The summed E-state index contributed by atoms with van der Waals surface area (Å²) in [7, 11) is 3.60. The molecule has 0 amide bonds. The number of ether oxygens (including phenoxy) is 2. The molecule has 0 saturated carbocycles. The van der Waals surface area contributed by atoms with Crippen LogP contribution in [0, 0.1) is 19.3 Å². The first-order chi connectivity index (χ1) is 9.07. The summed E-state index contributed by atoms with van der Waals surface area (Å²) in [6, 6.07) is 4.21. The fourth-order valence-corrected chi connectivity index (χ4v) is 2.95. The summed E-state index contributed by atoms with van der Waals surface area (Å²) in [5.74, 6) is 0.872. The largest absolute Gasteiger partial charge is 0.496 e. The first-order valence-corrected chi connectivity index (χ1v) is 6.59. The minimum absolute atomic E-state index is 0.0294. The maximum absolute atomic E-state index is 9.75. The average Bonchev–Trinajstić information content (AvgIpc) is 2.34. The number of methoxy groups -OCH3 is 1. The van der Waals surface area contributed by atoms with Crippen LogP contribution in [0.3, 0.4) is 0 Å². The Morgan fingerprint density at radius 1 is 1.42 bits per heavy atom. The number of hydrogen-bond donors (Lipinski definition) is 2. The smallest absolute Gasteiger partial charge is 0.124 e. The Morgan fingerprint density at radius 3 is 2.53 bits per heavy atom. The molecule has 0 aromatic heterocycles. The molecule has 4 nitrogen and oxygen atoms in total. The van der Waals surface area contributed by atoms with E-state index in [9.17, 15) is 5.11 Å². The standard InChI is InChI=1S/C15H23NO3/c1-10-5-11(2)13(12(6-10)18-4)14(16-3)15(7-17)8-19-9-15/h5-6,14,16-17H,7-9H2,1-4H3. The molecular formula is C15H23NO3. The van der Waals surface area contributed by atoms with E-state index in [0.717, 1.165) is 11.3 Å². The zero-order valence-electron chi connectivity index (χ0n) is 12.1. The van der Waals surface area contributed by atoms with Gasteiger partial charge in [0, 0.05) is 11.6 Å². The van der Waals surface area contributed by atoms with Crippen molar-refractivity contribution in [3.8, 4) is 5.75 Å². The van der Waals surface area contributed by atoms with Crippen molar-refractivity contribution in [1.82, 2.24) is 5.32 Å². The Morgan fingerprint density at radius 2 is 2.11 bits per heavy atom. The number of hydrogen-bond acceptors (Lipinski definition) is 4. The normalized spacial score (nSPS) is 18.8. The summed E-state index contributed by atoms with van der Waals surface area (Å²) in [5, 5.41) is 13.1. The van der Waals surface area contributed by atoms with Crippen LogP contribution >= 0.6 is 0 Å². The summed E-state index contributed by atoms with van der Waals surface area (Å²) in [4.78, 5) is 0. The second-order valence-corrected chi connectivity index (χ2v) is 5.43. The second kappa shape index (κ2) is 5.49. The zero-order chi connectivity index (χ0) is 14.0. The Labute approximate surface area is 114 Å². The second-order valence-electron chi connectivity index (χ2n) is 5.43. The molecule has 0 spiro atoms. The van der Waals surface area contributed by atoms with Crippen molar-refractivity contribution in [2.24, 2.45) is 5.41 Å². The topological polar surface area (TPSA) is 50.7 Å². The van der Waals surface area contributed by atoms with Crippen LogP contribution in [-0.4, -0.2) is 39.1 Å². The highest BCUT2D eigenvalue weighted by Crippen LogP contribution is 2.44. The van der Waals surface area contributed by atoms with E-state index in [2.05, 4.69) is 25.2 Å². The maximum Gasteiger partial charge on any atom is 0.124 e. The van der Waals surface area contributed by atoms with E-state index in [-0.39, 0.29) is 18.1 Å². The number of aryl methyl sites for hydroxylation is 2. The molecular weight excluding hydrogens is 242 g/mol. The van der Waals surface area contributed by atoms with Crippen LogP contribution in [0.4, 0.5) is 0 Å². The van der Waals surface area contributed by atoms with Gasteiger partial charge in [-0.15, -0.1) is 0 Å². The number of benzene rings is 1. The minimum Gasteiger partial charge on any atom is -0.496 e. The van der Waals surface area contributed by atoms with Gasteiger partial charge in [-0.3, -0.25) is 0 Å². The highest BCUT2D eigenvalue weighted by Gasteiger charge is 2.46. The fourth-order valence-electron chi connectivity index (χ4n) is 2.95. The van der Waals surface area contributed by atoms with E-state index in [1.54, 1.807) is 7.11 Å². The van der Waals surface area contributed by atoms with E-state index in [0.29, 0.717) is 13.2 Å². The van der Waals surface area contributed by atoms with E-state index >= 15 is 0 Å². The van der Waals surface area contributed by atoms with Gasteiger partial charge in [0.05, 0.1) is 32.3 Å². The van der Waals surface area contributed by atoms with Gasteiger partial charge < -0.3 is 19.9 Å². The van der Waals surface area contributed by atoms with Crippen LogP contribution < -0.4 is 10.1 Å². The lowest BCUT2D eigenvalue weighted by molar-refractivity contribution is -0.155. The lowest BCUT2D eigenvalue weighted by atomic mass is 9.74. The lowest BCUT2D eigenvalue weighted by Gasteiger charge is -2.46. The Balaban J connectivity index is 2.49. The molecule has 1 aliphatic heterocycles.